The van der Waals surface area contributed by atoms with Crippen LogP contribution in [0.15, 0.2) is 36.5 Å². The van der Waals surface area contributed by atoms with Crippen molar-refractivity contribution in [1.82, 2.24) is 15.1 Å². The smallest absolute Gasteiger partial charge is 0.303 e. The molecule has 1 amide bonds. The van der Waals surface area contributed by atoms with Gasteiger partial charge in [-0.3, -0.25) is 9.59 Å². The van der Waals surface area contributed by atoms with Gasteiger partial charge >= 0.3 is 5.97 Å². The summed E-state index contributed by atoms with van der Waals surface area (Å²) in [7, 11) is 0. The Morgan fingerprint density at radius 3 is 2.78 bits per heavy atom. The first-order chi connectivity index (χ1) is 11.1. The van der Waals surface area contributed by atoms with E-state index in [-0.39, 0.29) is 12.3 Å². The summed E-state index contributed by atoms with van der Waals surface area (Å²) in [5, 5.41) is 16.1. The quantitative estimate of drug-likeness (QED) is 0.726. The van der Waals surface area contributed by atoms with Crippen LogP contribution in [0.1, 0.15) is 36.2 Å². The van der Waals surface area contributed by atoms with Crippen LogP contribution in [0.2, 0.25) is 5.02 Å². The number of rotatable bonds is 8. The number of carbonyl (C=O) groups excluding carboxylic acids is 1. The van der Waals surface area contributed by atoms with Crippen molar-refractivity contribution in [1.29, 1.82) is 0 Å². The summed E-state index contributed by atoms with van der Waals surface area (Å²) in [6, 6.07) is 8.84. The van der Waals surface area contributed by atoms with Crippen molar-refractivity contribution in [3.8, 4) is 5.69 Å². The number of carboxylic acid groups (broad SMARTS) is 1. The molecule has 1 heterocycles. The van der Waals surface area contributed by atoms with E-state index in [0.717, 1.165) is 18.5 Å². The van der Waals surface area contributed by atoms with Crippen molar-refractivity contribution >= 4 is 23.5 Å². The number of carbonyl (C=O) groups is 2. The highest BCUT2D eigenvalue weighted by atomic mass is 35.5. The number of amides is 1. The predicted molar refractivity (Wildman–Crippen MR) is 87.0 cm³/mol. The van der Waals surface area contributed by atoms with Crippen molar-refractivity contribution in [2.45, 2.75) is 25.7 Å². The Morgan fingerprint density at radius 2 is 2.04 bits per heavy atom. The summed E-state index contributed by atoms with van der Waals surface area (Å²) in [5.41, 5.74) is 1.11. The highest BCUT2D eigenvalue weighted by Gasteiger charge is 2.09. The zero-order valence-corrected chi connectivity index (χ0v) is 13.3. The average Bonchev–Trinajstić information content (AvgIpc) is 3.00. The molecule has 0 aliphatic rings. The first kappa shape index (κ1) is 17.0. The first-order valence-corrected chi connectivity index (χ1v) is 7.75. The molecule has 1 aromatic heterocycles. The third-order valence-electron chi connectivity index (χ3n) is 3.25. The Labute approximate surface area is 139 Å². The number of hydrogen-bond acceptors (Lipinski definition) is 3. The summed E-state index contributed by atoms with van der Waals surface area (Å²) in [5.74, 6) is -1.04. The third-order valence-corrected chi connectivity index (χ3v) is 3.48. The molecule has 2 N–H and O–H groups in total. The molecule has 0 aliphatic carbocycles. The minimum atomic E-state index is -0.791. The number of benzene rings is 1. The van der Waals surface area contributed by atoms with Gasteiger partial charge in [-0.1, -0.05) is 24.1 Å². The lowest BCUT2D eigenvalue weighted by Gasteiger charge is -2.03. The van der Waals surface area contributed by atoms with Gasteiger partial charge in [-0.25, -0.2) is 4.68 Å². The van der Waals surface area contributed by atoms with E-state index >= 15 is 0 Å². The minimum Gasteiger partial charge on any atom is -0.481 e. The van der Waals surface area contributed by atoms with E-state index in [9.17, 15) is 9.59 Å². The van der Waals surface area contributed by atoms with Gasteiger partial charge in [0.2, 0.25) is 0 Å². The second kappa shape index (κ2) is 8.33. The molecule has 0 aliphatic heterocycles. The van der Waals surface area contributed by atoms with Crippen LogP contribution in [0.25, 0.3) is 5.69 Å². The van der Waals surface area contributed by atoms with Gasteiger partial charge in [0.05, 0.1) is 5.69 Å². The molecule has 0 unspecified atom stereocenters. The SMILES string of the molecule is O=C(O)CCCCCNC(=O)c1ccn(-c2cccc(Cl)c2)n1. The lowest BCUT2D eigenvalue weighted by molar-refractivity contribution is -0.137. The number of aliphatic carboxylic acids is 1. The summed E-state index contributed by atoms with van der Waals surface area (Å²) in [4.78, 5) is 22.4. The highest BCUT2D eigenvalue weighted by molar-refractivity contribution is 6.30. The number of nitrogens with one attached hydrogen (secondary N) is 1. The molecule has 6 nitrogen and oxygen atoms in total. The molecule has 23 heavy (non-hydrogen) atoms. The van der Waals surface area contributed by atoms with Crippen LogP contribution in [0.4, 0.5) is 0 Å². The van der Waals surface area contributed by atoms with Crippen LogP contribution >= 0.6 is 11.6 Å². The summed E-state index contributed by atoms with van der Waals surface area (Å²) < 4.78 is 1.59. The average molecular weight is 336 g/mol. The van der Waals surface area contributed by atoms with Gasteiger partial charge in [0, 0.05) is 24.2 Å². The lowest BCUT2D eigenvalue weighted by atomic mass is 10.2. The molecule has 2 aromatic rings. The van der Waals surface area contributed by atoms with Crippen molar-refractivity contribution in [2.75, 3.05) is 6.54 Å². The Kier molecular flexibility index (Phi) is 6.17. The van der Waals surface area contributed by atoms with Crippen LogP contribution in [-0.4, -0.2) is 33.3 Å². The maximum Gasteiger partial charge on any atom is 0.303 e. The van der Waals surface area contributed by atoms with Gasteiger partial charge < -0.3 is 10.4 Å². The normalized spacial score (nSPS) is 10.5. The van der Waals surface area contributed by atoms with E-state index in [2.05, 4.69) is 10.4 Å². The van der Waals surface area contributed by atoms with Crippen LogP contribution in [-0.2, 0) is 4.79 Å². The molecule has 0 fully saturated rings. The molecule has 0 bridgehead atoms. The van der Waals surface area contributed by atoms with Crippen LogP contribution in [0.5, 0.6) is 0 Å². The number of halogens is 1. The summed E-state index contributed by atoms with van der Waals surface area (Å²) in [6.07, 6.45) is 4.00. The Balaban J connectivity index is 1.81. The predicted octanol–water partition coefficient (Wildman–Crippen LogP) is 2.90. The highest BCUT2D eigenvalue weighted by Crippen LogP contribution is 2.14. The van der Waals surface area contributed by atoms with E-state index in [4.69, 9.17) is 16.7 Å². The van der Waals surface area contributed by atoms with Gasteiger partial charge in [0.1, 0.15) is 0 Å². The molecule has 0 saturated heterocycles. The number of unbranched alkanes of at least 4 members (excludes halogenated alkanes) is 2. The maximum atomic E-state index is 12.0. The monoisotopic (exact) mass is 335 g/mol. The number of aromatic nitrogens is 2. The largest absolute Gasteiger partial charge is 0.481 e. The van der Waals surface area contributed by atoms with Gasteiger partial charge in [0.15, 0.2) is 5.69 Å². The fourth-order valence-corrected chi connectivity index (χ4v) is 2.26. The third kappa shape index (κ3) is 5.41. The van der Waals surface area contributed by atoms with Crippen molar-refractivity contribution in [3.05, 3.63) is 47.2 Å². The molecular formula is C16H18ClN3O3. The van der Waals surface area contributed by atoms with E-state index in [1.165, 1.54) is 0 Å². The molecular weight excluding hydrogens is 318 g/mol. The molecule has 2 rings (SSSR count). The number of carboxylic acids is 1. The van der Waals surface area contributed by atoms with Crippen molar-refractivity contribution in [3.63, 3.8) is 0 Å². The van der Waals surface area contributed by atoms with Gasteiger partial charge in [0.25, 0.3) is 5.91 Å². The molecule has 7 heteroatoms. The Bertz CT molecular complexity index is 685. The van der Waals surface area contributed by atoms with Gasteiger partial charge in [-0.15, -0.1) is 0 Å². The zero-order valence-electron chi connectivity index (χ0n) is 12.5. The van der Waals surface area contributed by atoms with Crippen LogP contribution in [0, 0.1) is 0 Å². The van der Waals surface area contributed by atoms with Crippen molar-refractivity contribution in [2.24, 2.45) is 0 Å². The van der Waals surface area contributed by atoms with Gasteiger partial charge in [-0.05, 0) is 37.1 Å². The molecule has 0 radical (unpaired) electrons. The van der Waals surface area contributed by atoms with E-state index in [1.807, 2.05) is 12.1 Å². The molecule has 122 valence electrons. The second-order valence-electron chi connectivity index (χ2n) is 5.09. The molecule has 0 atom stereocenters. The lowest BCUT2D eigenvalue weighted by Crippen LogP contribution is -2.25. The van der Waals surface area contributed by atoms with Crippen LogP contribution in [0.3, 0.4) is 0 Å². The fraction of sp³-hybridized carbons (Fsp3) is 0.312. The van der Waals surface area contributed by atoms with E-state index in [0.29, 0.717) is 23.7 Å². The maximum absolute atomic E-state index is 12.0. The number of nitrogens with zero attached hydrogens (tertiary/aromatic N) is 2. The van der Waals surface area contributed by atoms with E-state index in [1.54, 1.807) is 29.1 Å². The standard InChI is InChI=1S/C16H18ClN3O3/c17-12-5-4-6-13(11-12)20-10-8-14(19-20)16(23)18-9-3-1-2-7-15(21)22/h4-6,8,10-11H,1-3,7,9H2,(H,18,23)(H,21,22). The summed E-state index contributed by atoms with van der Waals surface area (Å²) in [6.45, 7) is 0.502. The molecule has 0 saturated carbocycles. The summed E-state index contributed by atoms with van der Waals surface area (Å²) >= 11 is 5.94. The second-order valence-corrected chi connectivity index (χ2v) is 5.52. The minimum absolute atomic E-state index is 0.165. The van der Waals surface area contributed by atoms with Gasteiger partial charge in [-0.2, -0.15) is 5.10 Å². The molecule has 0 spiro atoms. The Morgan fingerprint density at radius 1 is 1.22 bits per heavy atom. The first-order valence-electron chi connectivity index (χ1n) is 7.38. The fourth-order valence-electron chi connectivity index (χ4n) is 2.08. The topological polar surface area (TPSA) is 84.2 Å². The molecule has 1 aromatic carbocycles. The Hall–Kier alpha value is -2.34. The zero-order chi connectivity index (χ0) is 16.7. The number of hydrogen-bond donors (Lipinski definition) is 2. The van der Waals surface area contributed by atoms with Crippen molar-refractivity contribution < 1.29 is 14.7 Å². The van der Waals surface area contributed by atoms with Crippen LogP contribution < -0.4 is 5.32 Å². The van der Waals surface area contributed by atoms with E-state index < -0.39 is 5.97 Å².